The molecular weight excluding hydrogens is 358 g/mol. The van der Waals surface area contributed by atoms with Gasteiger partial charge in [0.1, 0.15) is 0 Å². The Morgan fingerprint density at radius 3 is 2.25 bits per heavy atom. The van der Waals surface area contributed by atoms with E-state index in [2.05, 4.69) is 56.6 Å². The zero-order valence-electron chi connectivity index (χ0n) is 17.4. The van der Waals surface area contributed by atoms with Crippen molar-refractivity contribution in [2.24, 2.45) is 0 Å². The lowest BCUT2D eigenvalue weighted by Crippen LogP contribution is -2.50. The number of hydrogen-bond acceptors (Lipinski definition) is 6. The van der Waals surface area contributed by atoms with Crippen LogP contribution < -0.4 is 15.5 Å². The number of rotatable bonds is 8. The highest BCUT2D eigenvalue weighted by Crippen LogP contribution is 2.24. The Labute approximate surface area is 167 Å². The second-order valence-electron chi connectivity index (χ2n) is 7.30. The maximum atomic E-state index is 12.2. The molecule has 0 bridgehead atoms. The van der Waals surface area contributed by atoms with Crippen molar-refractivity contribution in [1.82, 2.24) is 20.4 Å². The van der Waals surface area contributed by atoms with Gasteiger partial charge in [0.15, 0.2) is 0 Å². The molecule has 8 nitrogen and oxygen atoms in total. The first-order valence-corrected chi connectivity index (χ1v) is 9.67. The fourth-order valence-electron chi connectivity index (χ4n) is 3.20. The number of nitrogens with one attached hydrogen (secondary N) is 2. The van der Waals surface area contributed by atoms with Crippen molar-refractivity contribution < 1.29 is 14.3 Å². The van der Waals surface area contributed by atoms with Crippen LogP contribution >= 0.6 is 0 Å². The summed E-state index contributed by atoms with van der Waals surface area (Å²) in [4.78, 5) is 30.8. The maximum absolute atomic E-state index is 12.2. The number of benzene rings is 1. The minimum atomic E-state index is -0.628. The largest absolute Gasteiger partial charge is 0.383 e. The second kappa shape index (κ2) is 11.0. The van der Waals surface area contributed by atoms with Crippen molar-refractivity contribution in [3.05, 3.63) is 29.8 Å². The summed E-state index contributed by atoms with van der Waals surface area (Å²) in [6, 6.07) is 8.39. The first-order chi connectivity index (χ1) is 13.4. The van der Waals surface area contributed by atoms with Crippen LogP contribution in [0.5, 0.6) is 0 Å². The van der Waals surface area contributed by atoms with Gasteiger partial charge in [-0.25, -0.2) is 0 Å². The average Bonchev–Trinajstić information content (AvgIpc) is 2.69. The van der Waals surface area contributed by atoms with Crippen molar-refractivity contribution >= 4 is 17.5 Å². The molecule has 0 aliphatic carbocycles. The number of amides is 2. The summed E-state index contributed by atoms with van der Waals surface area (Å²) in [5.74, 6) is -1.24. The Morgan fingerprint density at radius 1 is 1.07 bits per heavy atom. The van der Waals surface area contributed by atoms with Gasteiger partial charge in [0.25, 0.3) is 0 Å². The highest BCUT2D eigenvalue weighted by Gasteiger charge is 2.25. The minimum Gasteiger partial charge on any atom is -0.383 e. The van der Waals surface area contributed by atoms with Gasteiger partial charge in [-0.05, 0) is 24.7 Å². The van der Waals surface area contributed by atoms with Crippen LogP contribution in [0.2, 0.25) is 0 Å². The number of likely N-dealkylation sites (N-methyl/N-ethyl adjacent to an activating group) is 1. The van der Waals surface area contributed by atoms with Gasteiger partial charge in [0.2, 0.25) is 0 Å². The van der Waals surface area contributed by atoms with Crippen molar-refractivity contribution in [3.8, 4) is 0 Å². The molecule has 1 heterocycles. The van der Waals surface area contributed by atoms with Crippen molar-refractivity contribution in [1.29, 1.82) is 0 Å². The number of carbonyl (C=O) groups excluding carboxylic acids is 2. The van der Waals surface area contributed by atoms with Crippen molar-refractivity contribution in [2.75, 3.05) is 79.0 Å². The standard InChI is InChI=1S/C20H33N5O3/c1-23(2)17-7-5-16(6-8-17)18(25-12-10-24(3)11-13-25)15-22-20(27)19(26)21-9-14-28-4/h5-8,18H,9-15H2,1-4H3,(H,21,26)(H,22,27)/t18-/m0/s1. The van der Waals surface area contributed by atoms with Crippen LogP contribution in [0.1, 0.15) is 11.6 Å². The molecule has 1 fully saturated rings. The van der Waals surface area contributed by atoms with E-state index in [9.17, 15) is 9.59 Å². The summed E-state index contributed by atoms with van der Waals surface area (Å²) in [7, 11) is 7.68. The third kappa shape index (κ3) is 6.47. The second-order valence-corrected chi connectivity index (χ2v) is 7.30. The molecule has 1 saturated heterocycles. The number of anilines is 1. The molecule has 0 saturated carbocycles. The molecule has 2 rings (SSSR count). The van der Waals surface area contributed by atoms with Crippen LogP contribution in [0.4, 0.5) is 5.69 Å². The average molecular weight is 392 g/mol. The molecule has 0 spiro atoms. The lowest BCUT2D eigenvalue weighted by molar-refractivity contribution is -0.139. The van der Waals surface area contributed by atoms with Crippen LogP contribution in [0.25, 0.3) is 0 Å². The Morgan fingerprint density at radius 2 is 1.68 bits per heavy atom. The van der Waals surface area contributed by atoms with E-state index in [-0.39, 0.29) is 6.04 Å². The molecule has 0 unspecified atom stereocenters. The lowest BCUT2D eigenvalue weighted by atomic mass is 10.0. The molecule has 0 radical (unpaired) electrons. The van der Waals surface area contributed by atoms with Crippen LogP contribution in [0.3, 0.4) is 0 Å². The van der Waals surface area contributed by atoms with E-state index in [1.165, 1.54) is 0 Å². The molecule has 1 atom stereocenters. The normalized spacial score (nSPS) is 16.4. The molecule has 8 heteroatoms. The summed E-state index contributed by atoms with van der Waals surface area (Å²) in [6.07, 6.45) is 0. The molecule has 1 aliphatic heterocycles. The summed E-state index contributed by atoms with van der Waals surface area (Å²) in [6.45, 7) is 4.90. The molecule has 1 aliphatic rings. The monoisotopic (exact) mass is 391 g/mol. The number of hydrogen-bond donors (Lipinski definition) is 2. The topological polar surface area (TPSA) is 77.1 Å². The fraction of sp³-hybridized carbons (Fsp3) is 0.600. The van der Waals surface area contributed by atoms with Crippen LogP contribution in [-0.2, 0) is 14.3 Å². The molecule has 0 aromatic heterocycles. The zero-order chi connectivity index (χ0) is 20.5. The van der Waals surface area contributed by atoms with Crippen LogP contribution in [-0.4, -0.2) is 95.7 Å². The summed E-state index contributed by atoms with van der Waals surface area (Å²) >= 11 is 0. The van der Waals surface area contributed by atoms with Gasteiger partial charge in [0.05, 0.1) is 12.6 Å². The maximum Gasteiger partial charge on any atom is 0.309 e. The molecule has 1 aromatic carbocycles. The van der Waals surface area contributed by atoms with Gasteiger partial charge >= 0.3 is 11.8 Å². The Hall–Kier alpha value is -2.16. The fourth-order valence-corrected chi connectivity index (χ4v) is 3.20. The lowest BCUT2D eigenvalue weighted by Gasteiger charge is -2.38. The molecule has 1 aromatic rings. The van der Waals surface area contributed by atoms with E-state index in [0.29, 0.717) is 19.7 Å². The van der Waals surface area contributed by atoms with E-state index in [0.717, 1.165) is 37.4 Å². The summed E-state index contributed by atoms with van der Waals surface area (Å²) in [5, 5.41) is 5.35. The van der Waals surface area contributed by atoms with Gasteiger partial charge in [-0.1, -0.05) is 12.1 Å². The number of methoxy groups -OCH3 is 1. The number of ether oxygens (including phenoxy) is 1. The van der Waals surface area contributed by atoms with Crippen LogP contribution in [0.15, 0.2) is 24.3 Å². The number of piperazine rings is 1. The Balaban J connectivity index is 2.04. The van der Waals surface area contributed by atoms with Gasteiger partial charge in [-0.15, -0.1) is 0 Å². The summed E-state index contributed by atoms with van der Waals surface area (Å²) < 4.78 is 4.88. The predicted molar refractivity (Wildman–Crippen MR) is 110 cm³/mol. The van der Waals surface area contributed by atoms with Crippen molar-refractivity contribution in [2.45, 2.75) is 6.04 Å². The van der Waals surface area contributed by atoms with E-state index < -0.39 is 11.8 Å². The van der Waals surface area contributed by atoms with E-state index >= 15 is 0 Å². The first-order valence-electron chi connectivity index (χ1n) is 9.67. The number of nitrogens with zero attached hydrogens (tertiary/aromatic N) is 3. The van der Waals surface area contributed by atoms with Crippen molar-refractivity contribution in [3.63, 3.8) is 0 Å². The quantitative estimate of drug-likeness (QED) is 0.477. The SMILES string of the molecule is COCCNC(=O)C(=O)NC[C@@H](c1ccc(N(C)C)cc1)N1CCN(C)CC1. The highest BCUT2D eigenvalue weighted by molar-refractivity contribution is 6.35. The van der Waals surface area contributed by atoms with E-state index in [4.69, 9.17) is 4.74 Å². The van der Waals surface area contributed by atoms with Gasteiger partial charge < -0.3 is 25.2 Å². The zero-order valence-corrected chi connectivity index (χ0v) is 17.4. The first kappa shape index (κ1) is 22.1. The third-order valence-corrected chi connectivity index (χ3v) is 5.03. The minimum absolute atomic E-state index is 0.0284. The summed E-state index contributed by atoms with van der Waals surface area (Å²) in [5.41, 5.74) is 2.26. The number of carbonyl (C=O) groups is 2. The van der Waals surface area contributed by atoms with Gasteiger partial charge in [-0.2, -0.15) is 0 Å². The van der Waals surface area contributed by atoms with Gasteiger partial charge in [0, 0.05) is 66.2 Å². The van der Waals surface area contributed by atoms with Crippen LogP contribution in [0, 0.1) is 0 Å². The molecular formula is C20H33N5O3. The smallest absolute Gasteiger partial charge is 0.309 e. The Bertz CT molecular complexity index is 627. The molecule has 2 N–H and O–H groups in total. The molecule has 28 heavy (non-hydrogen) atoms. The molecule has 156 valence electrons. The van der Waals surface area contributed by atoms with Gasteiger partial charge in [-0.3, -0.25) is 14.5 Å². The molecule has 2 amide bonds. The highest BCUT2D eigenvalue weighted by atomic mass is 16.5. The predicted octanol–water partition coefficient (Wildman–Crippen LogP) is -0.0801. The Kier molecular flexibility index (Phi) is 8.69. The van der Waals surface area contributed by atoms with E-state index in [1.807, 2.05) is 14.1 Å². The van der Waals surface area contributed by atoms with E-state index in [1.54, 1.807) is 7.11 Å². The third-order valence-electron chi connectivity index (χ3n) is 5.03.